The van der Waals surface area contributed by atoms with E-state index < -0.39 is 47.0 Å². The zero-order chi connectivity index (χ0) is 32.8. The van der Waals surface area contributed by atoms with Gasteiger partial charge in [0.2, 0.25) is 0 Å². The molecule has 2 aromatic rings. The summed E-state index contributed by atoms with van der Waals surface area (Å²) in [4.78, 5) is 1.57. The van der Waals surface area contributed by atoms with Gasteiger partial charge in [-0.2, -0.15) is 52.7 Å². The lowest BCUT2D eigenvalue weighted by molar-refractivity contribution is -0.144. The van der Waals surface area contributed by atoms with E-state index in [1.165, 1.54) is 47.0 Å². The molecule has 2 heterocycles. The summed E-state index contributed by atoms with van der Waals surface area (Å²) in [6.07, 6.45) is -19.8. The van der Waals surface area contributed by atoms with Gasteiger partial charge >= 0.3 is 24.7 Å². The van der Waals surface area contributed by atoms with Crippen LogP contribution in [0.2, 0.25) is 0 Å². The van der Waals surface area contributed by atoms with Crippen LogP contribution < -0.4 is 0 Å². The molecule has 0 saturated heterocycles. The van der Waals surface area contributed by atoms with Gasteiger partial charge in [0, 0.05) is 21.3 Å². The molecule has 18 heteroatoms. The molecule has 0 radical (unpaired) electrons. The van der Waals surface area contributed by atoms with E-state index in [0.29, 0.717) is 32.7 Å². The molecule has 2 aromatic carbocycles. The highest BCUT2D eigenvalue weighted by molar-refractivity contribution is 8.40. The van der Waals surface area contributed by atoms with Gasteiger partial charge in [0.25, 0.3) is 0 Å². The fourth-order valence-corrected chi connectivity index (χ4v) is 12.0. The Morgan fingerprint density at radius 2 is 0.727 bits per heavy atom. The third kappa shape index (κ3) is 9.04. The van der Waals surface area contributed by atoms with E-state index in [-0.39, 0.29) is 34.8 Å². The van der Waals surface area contributed by atoms with Crippen molar-refractivity contribution in [1.29, 1.82) is 0 Å². The lowest BCUT2D eigenvalue weighted by atomic mass is 10.1. The molecule has 0 N–H and O–H groups in total. The van der Waals surface area contributed by atoms with Crippen LogP contribution in [0.3, 0.4) is 0 Å². The minimum atomic E-state index is -4.95. The van der Waals surface area contributed by atoms with Gasteiger partial charge in [0.05, 0.1) is 39.2 Å². The van der Waals surface area contributed by atoms with Crippen molar-refractivity contribution < 1.29 is 52.7 Å². The quantitative estimate of drug-likeness (QED) is 0.268. The van der Waals surface area contributed by atoms with Crippen LogP contribution >= 0.6 is 70.6 Å². The first-order chi connectivity index (χ1) is 20.1. The van der Waals surface area contributed by atoms with Crippen LogP contribution in [0.25, 0.3) is 0 Å². The zero-order valence-corrected chi connectivity index (χ0v) is 26.8. The molecular formula is C26H16F12S6. The number of allylic oxidation sites excluding steroid dienone is 2. The molecule has 0 spiro atoms. The lowest BCUT2D eigenvalue weighted by Gasteiger charge is -2.14. The van der Waals surface area contributed by atoms with Crippen molar-refractivity contribution >= 4 is 70.6 Å². The molecule has 2 aliphatic heterocycles. The lowest BCUT2D eigenvalue weighted by Crippen LogP contribution is -2.11. The second-order valence-electron chi connectivity index (χ2n) is 9.08. The number of alkyl halides is 12. The van der Waals surface area contributed by atoms with Gasteiger partial charge in [-0.15, -0.1) is 23.5 Å². The van der Waals surface area contributed by atoms with Gasteiger partial charge in [0.15, 0.2) is 0 Å². The summed E-state index contributed by atoms with van der Waals surface area (Å²) in [5, 5.41) is 0. The second-order valence-corrected chi connectivity index (χ2v) is 16.6. The van der Waals surface area contributed by atoms with Gasteiger partial charge in [-0.05, 0) is 61.4 Å². The molecule has 0 aromatic heterocycles. The summed E-state index contributed by atoms with van der Waals surface area (Å²) in [5.41, 5.74) is -5.86. The molecule has 0 bridgehead atoms. The number of rotatable bonds is 6. The van der Waals surface area contributed by atoms with E-state index in [4.69, 9.17) is 0 Å². The Hall–Kier alpha value is -1.08. The van der Waals surface area contributed by atoms with E-state index in [0.717, 1.165) is 41.8 Å². The third-order valence-corrected chi connectivity index (χ3v) is 14.5. The van der Waals surface area contributed by atoms with Gasteiger partial charge in [0.1, 0.15) is 0 Å². The summed E-state index contributed by atoms with van der Waals surface area (Å²) >= 11 is 7.50. The third-order valence-electron chi connectivity index (χ3n) is 5.64. The van der Waals surface area contributed by atoms with Crippen LogP contribution in [0.1, 0.15) is 47.2 Å². The van der Waals surface area contributed by atoms with Crippen molar-refractivity contribution in [3.63, 3.8) is 0 Å². The van der Waals surface area contributed by atoms with Crippen molar-refractivity contribution in [2.75, 3.05) is 0 Å². The summed E-state index contributed by atoms with van der Waals surface area (Å²) < 4.78 is 161. The molecule has 0 amide bonds. The summed E-state index contributed by atoms with van der Waals surface area (Å²) in [6, 6.07) is 2.89. The topological polar surface area (TPSA) is 0 Å². The van der Waals surface area contributed by atoms with Crippen LogP contribution in [-0.4, -0.2) is 0 Å². The number of hydrogen-bond donors (Lipinski definition) is 0. The van der Waals surface area contributed by atoms with E-state index in [2.05, 4.69) is 0 Å². The van der Waals surface area contributed by atoms with Crippen LogP contribution in [0.4, 0.5) is 52.7 Å². The molecular weight excluding hydrogens is 733 g/mol. The molecule has 0 unspecified atom stereocenters. The van der Waals surface area contributed by atoms with Gasteiger partial charge in [-0.1, -0.05) is 47.0 Å². The number of hydrogen-bond acceptors (Lipinski definition) is 6. The molecule has 240 valence electrons. The van der Waals surface area contributed by atoms with Crippen LogP contribution in [0.5, 0.6) is 0 Å². The maximum absolute atomic E-state index is 13.2. The smallest absolute Gasteiger partial charge is 0.166 e. The minimum Gasteiger partial charge on any atom is -0.166 e. The van der Waals surface area contributed by atoms with Crippen molar-refractivity contribution in [1.82, 2.24) is 0 Å². The Bertz CT molecular complexity index is 1350. The Labute approximate surface area is 268 Å². The highest BCUT2D eigenvalue weighted by atomic mass is 32.2. The predicted octanol–water partition coefficient (Wildman–Crippen LogP) is 13.4. The zero-order valence-electron chi connectivity index (χ0n) is 21.9. The fraction of sp³-hybridized carbons (Fsp3) is 0.308. The number of thioether (sulfide) groups is 6. The molecule has 44 heavy (non-hydrogen) atoms. The van der Waals surface area contributed by atoms with Crippen LogP contribution in [-0.2, 0) is 36.2 Å². The van der Waals surface area contributed by atoms with Crippen LogP contribution in [0, 0.1) is 0 Å². The van der Waals surface area contributed by atoms with Crippen molar-refractivity contribution in [3.05, 3.63) is 96.5 Å². The van der Waals surface area contributed by atoms with Crippen molar-refractivity contribution in [2.24, 2.45) is 0 Å². The number of benzene rings is 2. The average Bonchev–Trinajstić information content (AvgIpc) is 3.45. The predicted molar refractivity (Wildman–Crippen MR) is 158 cm³/mol. The Balaban J connectivity index is 1.43. The van der Waals surface area contributed by atoms with E-state index >= 15 is 0 Å². The molecule has 0 saturated carbocycles. The van der Waals surface area contributed by atoms with Gasteiger partial charge in [-0.3, -0.25) is 0 Å². The van der Waals surface area contributed by atoms with Gasteiger partial charge in [-0.25, -0.2) is 0 Å². The largest absolute Gasteiger partial charge is 0.416 e. The van der Waals surface area contributed by atoms with E-state index in [9.17, 15) is 52.7 Å². The number of halogens is 12. The highest BCUT2D eigenvalue weighted by Gasteiger charge is 2.38. The molecule has 0 fully saturated rings. The first kappa shape index (κ1) is 35.8. The molecule has 2 aliphatic rings. The highest BCUT2D eigenvalue weighted by Crippen LogP contribution is 2.63. The Morgan fingerprint density at radius 1 is 0.455 bits per heavy atom. The molecule has 0 atom stereocenters. The molecule has 4 rings (SSSR count). The van der Waals surface area contributed by atoms with Gasteiger partial charge < -0.3 is 0 Å². The minimum absolute atomic E-state index is 0.0725. The summed E-state index contributed by atoms with van der Waals surface area (Å²) in [6.45, 7) is 3.51. The second kappa shape index (κ2) is 13.2. The maximum atomic E-state index is 13.2. The average molecular weight is 749 g/mol. The van der Waals surface area contributed by atoms with Crippen molar-refractivity contribution in [2.45, 2.75) is 50.1 Å². The first-order valence-corrected chi connectivity index (χ1v) is 17.0. The summed E-state index contributed by atoms with van der Waals surface area (Å²) in [7, 11) is 0. The molecule has 0 aliphatic carbocycles. The SMILES string of the molecule is CC1=C(SCc2cc(C(F)(F)F)cc(C(F)(F)F)c2)S/C(=C2/SC(C)=C(SCc3cc(C(F)(F)F)cc(C(F)(F)F)c3)S2)S1. The van der Waals surface area contributed by atoms with Crippen LogP contribution in [0.15, 0.2) is 63.2 Å². The fourth-order valence-electron chi connectivity index (χ4n) is 3.65. The normalized spacial score (nSPS) is 18.7. The van der Waals surface area contributed by atoms with E-state index in [1.807, 2.05) is 0 Å². The Kier molecular flexibility index (Phi) is 10.7. The van der Waals surface area contributed by atoms with E-state index in [1.54, 1.807) is 13.8 Å². The summed E-state index contributed by atoms with van der Waals surface area (Å²) in [5.74, 6) is -0.295. The molecule has 0 nitrogen and oxygen atoms in total. The monoisotopic (exact) mass is 748 g/mol. The Morgan fingerprint density at radius 3 is 0.977 bits per heavy atom. The first-order valence-electron chi connectivity index (χ1n) is 11.8. The van der Waals surface area contributed by atoms with Crippen molar-refractivity contribution in [3.8, 4) is 0 Å². The standard InChI is InChI=1S/C26H16F12S6/c1-11-19(39-9-13-3-15(23(27,28)29)7-16(4-13)24(30,31)32)43-21(41-11)22-42-12(2)20(44-22)40-10-14-5-17(25(33,34)35)8-18(6-14)26(36,37)38/h3-8H,9-10H2,1-2H3/b22-21-. The maximum Gasteiger partial charge on any atom is 0.416 e.